The van der Waals surface area contributed by atoms with E-state index in [4.69, 9.17) is 11.6 Å². The normalized spacial score (nSPS) is 10.2. The number of nitrogens with zero attached hydrogens (tertiary/aromatic N) is 1. The fourth-order valence-corrected chi connectivity index (χ4v) is 1.68. The maximum atomic E-state index is 11.8. The van der Waals surface area contributed by atoms with Crippen molar-refractivity contribution in [3.8, 4) is 0 Å². The van der Waals surface area contributed by atoms with Gasteiger partial charge in [0.1, 0.15) is 5.69 Å². The summed E-state index contributed by atoms with van der Waals surface area (Å²) in [6, 6.07) is 7.41. The molecular weight excluding hydrogens is 238 g/mol. The summed E-state index contributed by atoms with van der Waals surface area (Å²) in [6.07, 6.45) is 1.62. The highest BCUT2D eigenvalue weighted by Crippen LogP contribution is 2.14. The molecule has 0 saturated heterocycles. The van der Waals surface area contributed by atoms with Crippen molar-refractivity contribution in [3.63, 3.8) is 0 Å². The molecule has 17 heavy (non-hydrogen) atoms. The van der Waals surface area contributed by atoms with Crippen LogP contribution in [0, 0.1) is 6.92 Å². The van der Waals surface area contributed by atoms with Gasteiger partial charge in [0, 0.05) is 11.6 Å². The first-order valence-corrected chi connectivity index (χ1v) is 5.58. The van der Waals surface area contributed by atoms with Crippen molar-refractivity contribution in [2.45, 2.75) is 13.5 Å². The molecule has 0 spiro atoms. The van der Waals surface area contributed by atoms with Crippen LogP contribution in [0.4, 0.5) is 0 Å². The number of carbonyl (C=O) groups is 1. The average Bonchev–Trinajstić information content (AvgIpc) is 2.74. The Kier molecular flexibility index (Phi) is 3.44. The third-order valence-electron chi connectivity index (χ3n) is 2.45. The SMILES string of the molecule is Cc1cn[nH]c1C(=O)NCc1ccccc1Cl. The molecule has 0 aliphatic heterocycles. The van der Waals surface area contributed by atoms with E-state index in [1.54, 1.807) is 12.3 Å². The molecule has 0 bridgehead atoms. The molecule has 1 amide bonds. The lowest BCUT2D eigenvalue weighted by molar-refractivity contribution is 0.0945. The van der Waals surface area contributed by atoms with Crippen LogP contribution in [0.5, 0.6) is 0 Å². The Labute approximate surface area is 104 Å². The van der Waals surface area contributed by atoms with Gasteiger partial charge in [0.2, 0.25) is 0 Å². The number of rotatable bonds is 3. The Morgan fingerprint density at radius 2 is 2.24 bits per heavy atom. The van der Waals surface area contributed by atoms with Crippen LogP contribution in [-0.4, -0.2) is 16.1 Å². The minimum atomic E-state index is -0.181. The van der Waals surface area contributed by atoms with Gasteiger partial charge >= 0.3 is 0 Å². The summed E-state index contributed by atoms with van der Waals surface area (Å²) in [6.45, 7) is 2.23. The number of hydrogen-bond acceptors (Lipinski definition) is 2. The molecule has 0 aliphatic rings. The maximum Gasteiger partial charge on any atom is 0.269 e. The van der Waals surface area contributed by atoms with Crippen molar-refractivity contribution < 1.29 is 4.79 Å². The third kappa shape index (κ3) is 2.65. The Bertz CT molecular complexity index is 536. The van der Waals surface area contributed by atoms with Gasteiger partial charge in [-0.3, -0.25) is 9.89 Å². The first-order valence-electron chi connectivity index (χ1n) is 5.20. The number of benzene rings is 1. The number of nitrogens with one attached hydrogen (secondary N) is 2. The van der Waals surface area contributed by atoms with E-state index in [2.05, 4.69) is 15.5 Å². The number of hydrogen-bond donors (Lipinski definition) is 2. The number of aromatic nitrogens is 2. The molecule has 1 aromatic heterocycles. The van der Waals surface area contributed by atoms with Crippen LogP contribution in [0.15, 0.2) is 30.5 Å². The number of aryl methyl sites for hydroxylation is 1. The maximum absolute atomic E-state index is 11.8. The highest BCUT2D eigenvalue weighted by atomic mass is 35.5. The molecule has 0 saturated carbocycles. The van der Waals surface area contributed by atoms with Crippen LogP contribution in [-0.2, 0) is 6.54 Å². The molecule has 2 aromatic rings. The van der Waals surface area contributed by atoms with E-state index in [-0.39, 0.29) is 5.91 Å². The van der Waals surface area contributed by atoms with Crippen LogP contribution in [0.3, 0.4) is 0 Å². The van der Waals surface area contributed by atoms with Crippen LogP contribution >= 0.6 is 11.6 Å². The van der Waals surface area contributed by atoms with E-state index in [0.717, 1.165) is 11.1 Å². The first kappa shape index (κ1) is 11.7. The second-order valence-electron chi connectivity index (χ2n) is 3.70. The standard InChI is InChI=1S/C12H12ClN3O/c1-8-6-15-16-11(8)12(17)14-7-9-4-2-3-5-10(9)13/h2-6H,7H2,1H3,(H,14,17)(H,15,16). The number of H-pyrrole nitrogens is 1. The highest BCUT2D eigenvalue weighted by molar-refractivity contribution is 6.31. The summed E-state index contributed by atoms with van der Waals surface area (Å²) in [4.78, 5) is 11.8. The highest BCUT2D eigenvalue weighted by Gasteiger charge is 2.10. The Hall–Kier alpha value is -1.81. The van der Waals surface area contributed by atoms with Gasteiger partial charge in [-0.05, 0) is 24.1 Å². The van der Waals surface area contributed by atoms with E-state index < -0.39 is 0 Å². The van der Waals surface area contributed by atoms with Crippen LogP contribution < -0.4 is 5.32 Å². The zero-order chi connectivity index (χ0) is 12.3. The molecule has 1 aromatic carbocycles. The number of halogens is 1. The largest absolute Gasteiger partial charge is 0.347 e. The number of amides is 1. The van der Waals surface area contributed by atoms with E-state index in [9.17, 15) is 4.79 Å². The van der Waals surface area contributed by atoms with Gasteiger partial charge in [-0.1, -0.05) is 29.8 Å². The van der Waals surface area contributed by atoms with Gasteiger partial charge in [0.05, 0.1) is 6.20 Å². The van der Waals surface area contributed by atoms with Gasteiger partial charge in [-0.25, -0.2) is 0 Å². The van der Waals surface area contributed by atoms with Crippen LogP contribution in [0.2, 0.25) is 5.02 Å². The van der Waals surface area contributed by atoms with Gasteiger partial charge < -0.3 is 5.32 Å². The molecule has 2 rings (SSSR count). The fraction of sp³-hybridized carbons (Fsp3) is 0.167. The molecule has 88 valence electrons. The molecule has 0 fully saturated rings. The van der Waals surface area contributed by atoms with Crippen molar-refractivity contribution in [1.29, 1.82) is 0 Å². The van der Waals surface area contributed by atoms with Crippen molar-refractivity contribution in [2.75, 3.05) is 0 Å². The second-order valence-corrected chi connectivity index (χ2v) is 4.11. The molecular formula is C12H12ClN3O. The van der Waals surface area contributed by atoms with E-state index in [0.29, 0.717) is 17.3 Å². The number of carbonyl (C=O) groups excluding carboxylic acids is 1. The lowest BCUT2D eigenvalue weighted by Gasteiger charge is -2.06. The Morgan fingerprint density at radius 3 is 2.88 bits per heavy atom. The lowest BCUT2D eigenvalue weighted by Crippen LogP contribution is -2.24. The molecule has 0 radical (unpaired) electrons. The van der Waals surface area contributed by atoms with Gasteiger partial charge in [0.15, 0.2) is 0 Å². The van der Waals surface area contributed by atoms with Crippen molar-refractivity contribution >= 4 is 17.5 Å². The quantitative estimate of drug-likeness (QED) is 0.877. The first-order chi connectivity index (χ1) is 8.18. The second kappa shape index (κ2) is 5.01. The lowest BCUT2D eigenvalue weighted by atomic mass is 10.2. The molecule has 1 heterocycles. The Morgan fingerprint density at radius 1 is 1.47 bits per heavy atom. The van der Waals surface area contributed by atoms with Gasteiger partial charge in [-0.15, -0.1) is 0 Å². The summed E-state index contributed by atoms with van der Waals surface area (Å²) in [5, 5.41) is 9.90. The third-order valence-corrected chi connectivity index (χ3v) is 2.82. The topological polar surface area (TPSA) is 57.8 Å². The van der Waals surface area contributed by atoms with Gasteiger partial charge in [0.25, 0.3) is 5.91 Å². The monoisotopic (exact) mass is 249 g/mol. The van der Waals surface area contributed by atoms with E-state index in [1.807, 2.05) is 25.1 Å². The molecule has 0 atom stereocenters. The minimum absolute atomic E-state index is 0.181. The van der Waals surface area contributed by atoms with E-state index in [1.165, 1.54) is 0 Å². The van der Waals surface area contributed by atoms with Crippen molar-refractivity contribution in [2.24, 2.45) is 0 Å². The van der Waals surface area contributed by atoms with Crippen molar-refractivity contribution in [1.82, 2.24) is 15.5 Å². The molecule has 2 N–H and O–H groups in total. The summed E-state index contributed by atoms with van der Waals surface area (Å²) < 4.78 is 0. The summed E-state index contributed by atoms with van der Waals surface area (Å²) in [7, 11) is 0. The molecule has 0 aliphatic carbocycles. The average molecular weight is 250 g/mol. The van der Waals surface area contributed by atoms with Crippen LogP contribution in [0.25, 0.3) is 0 Å². The predicted octanol–water partition coefficient (Wildman–Crippen LogP) is 2.30. The molecule has 4 nitrogen and oxygen atoms in total. The summed E-state index contributed by atoms with van der Waals surface area (Å²) in [5.74, 6) is -0.181. The fourth-order valence-electron chi connectivity index (χ4n) is 1.48. The van der Waals surface area contributed by atoms with Gasteiger partial charge in [-0.2, -0.15) is 5.10 Å². The smallest absolute Gasteiger partial charge is 0.269 e. The predicted molar refractivity (Wildman–Crippen MR) is 65.9 cm³/mol. The number of aromatic amines is 1. The van der Waals surface area contributed by atoms with Crippen LogP contribution in [0.1, 0.15) is 21.6 Å². The molecule has 0 unspecified atom stereocenters. The molecule has 5 heteroatoms. The van der Waals surface area contributed by atoms with Crippen molar-refractivity contribution in [3.05, 3.63) is 52.3 Å². The minimum Gasteiger partial charge on any atom is -0.347 e. The zero-order valence-corrected chi connectivity index (χ0v) is 10.1. The van der Waals surface area contributed by atoms with E-state index >= 15 is 0 Å². The Balaban J connectivity index is 2.02. The summed E-state index contributed by atoms with van der Waals surface area (Å²) in [5.41, 5.74) is 2.19. The zero-order valence-electron chi connectivity index (χ0n) is 9.33. The summed E-state index contributed by atoms with van der Waals surface area (Å²) >= 11 is 5.99.